The molecule has 0 radical (unpaired) electrons. The Morgan fingerprint density at radius 3 is 2.63 bits per heavy atom. The van der Waals surface area contributed by atoms with E-state index in [1.807, 2.05) is 7.05 Å². The van der Waals surface area contributed by atoms with Gasteiger partial charge >= 0.3 is 5.69 Å². The molecule has 1 aliphatic rings. The second kappa shape index (κ2) is 7.78. The predicted molar refractivity (Wildman–Crippen MR) is 97.2 cm³/mol. The number of hydrogen-bond acceptors (Lipinski definition) is 7. The molecule has 3 rings (SSSR count). The first-order valence-corrected chi connectivity index (χ1v) is 8.49. The highest BCUT2D eigenvalue weighted by atomic mass is 19.1. The fourth-order valence-electron chi connectivity index (χ4n) is 3.16. The van der Waals surface area contributed by atoms with Crippen LogP contribution in [0.1, 0.15) is 12.8 Å². The number of nitrogens with one attached hydrogen (secondary N) is 1. The van der Waals surface area contributed by atoms with E-state index < -0.39 is 16.6 Å². The quantitative estimate of drug-likeness (QED) is 0.632. The first kappa shape index (κ1) is 18.9. The summed E-state index contributed by atoms with van der Waals surface area (Å²) in [6.07, 6.45) is 2.89. The maximum Gasteiger partial charge on any atom is 0.353 e. The van der Waals surface area contributed by atoms with Crippen LogP contribution in [0.2, 0.25) is 0 Å². The second-order valence-electron chi connectivity index (χ2n) is 6.55. The van der Waals surface area contributed by atoms with Crippen molar-refractivity contribution in [3.05, 3.63) is 46.3 Å². The number of halogens is 2. The summed E-state index contributed by atoms with van der Waals surface area (Å²) in [7, 11) is 3.79. The van der Waals surface area contributed by atoms with E-state index in [1.165, 1.54) is 6.33 Å². The zero-order valence-corrected chi connectivity index (χ0v) is 15.0. The molecule has 1 N–H and O–H groups in total. The number of nitrogens with zero attached hydrogens (tertiary/aromatic N) is 5. The van der Waals surface area contributed by atoms with Gasteiger partial charge in [0.25, 0.3) is 0 Å². The number of benzene rings is 1. The van der Waals surface area contributed by atoms with E-state index in [0.717, 1.165) is 38.1 Å². The number of likely N-dealkylation sites (tertiary alicyclic amines) is 1. The summed E-state index contributed by atoms with van der Waals surface area (Å²) >= 11 is 0. The number of aromatic nitrogens is 2. The molecule has 2 aromatic rings. The molecule has 27 heavy (non-hydrogen) atoms. The molecule has 0 saturated carbocycles. The Labute approximate surface area is 155 Å². The minimum Gasteiger partial charge on any atom is -0.351 e. The number of anilines is 3. The molecule has 0 amide bonds. The topological polar surface area (TPSA) is 87.4 Å². The lowest BCUT2D eigenvalue weighted by Gasteiger charge is -2.35. The smallest absolute Gasteiger partial charge is 0.351 e. The average molecular weight is 378 g/mol. The van der Waals surface area contributed by atoms with Gasteiger partial charge in [0, 0.05) is 19.2 Å². The number of hydrogen-bond donors (Lipinski definition) is 1. The summed E-state index contributed by atoms with van der Waals surface area (Å²) in [6, 6.07) is 3.02. The SMILES string of the molecule is CN1CCC(N(C)c2ncnc(Nc3ccc(F)cc3F)c2[N+](=O)[O-])CC1. The lowest BCUT2D eigenvalue weighted by atomic mass is 10.0. The molecular formula is C17H20F2N6O2. The molecule has 0 bridgehead atoms. The minimum atomic E-state index is -0.867. The molecule has 1 aromatic carbocycles. The van der Waals surface area contributed by atoms with Gasteiger partial charge in [-0.25, -0.2) is 18.7 Å². The zero-order chi connectivity index (χ0) is 19.6. The maximum absolute atomic E-state index is 13.9. The Bertz CT molecular complexity index is 842. The van der Waals surface area contributed by atoms with Crippen LogP contribution >= 0.6 is 0 Å². The summed E-state index contributed by atoms with van der Waals surface area (Å²) in [5.74, 6) is -1.59. The number of piperidine rings is 1. The number of nitro groups is 1. The van der Waals surface area contributed by atoms with Crippen LogP contribution in [0, 0.1) is 21.7 Å². The van der Waals surface area contributed by atoms with Crippen molar-refractivity contribution in [1.82, 2.24) is 14.9 Å². The molecule has 0 aliphatic carbocycles. The van der Waals surface area contributed by atoms with E-state index in [4.69, 9.17) is 0 Å². The predicted octanol–water partition coefficient (Wildman–Crippen LogP) is 2.94. The van der Waals surface area contributed by atoms with Crippen molar-refractivity contribution in [1.29, 1.82) is 0 Å². The molecule has 0 atom stereocenters. The third kappa shape index (κ3) is 4.11. The van der Waals surface area contributed by atoms with E-state index in [1.54, 1.807) is 11.9 Å². The van der Waals surface area contributed by atoms with Gasteiger partial charge in [-0.15, -0.1) is 0 Å². The van der Waals surface area contributed by atoms with Crippen LogP contribution in [0.5, 0.6) is 0 Å². The van der Waals surface area contributed by atoms with Gasteiger partial charge in [0.1, 0.15) is 18.0 Å². The van der Waals surface area contributed by atoms with Crippen molar-refractivity contribution in [2.45, 2.75) is 18.9 Å². The molecule has 2 heterocycles. The minimum absolute atomic E-state index is 0.102. The molecule has 144 valence electrons. The van der Waals surface area contributed by atoms with Crippen molar-refractivity contribution in [3.8, 4) is 0 Å². The highest BCUT2D eigenvalue weighted by molar-refractivity contribution is 5.74. The van der Waals surface area contributed by atoms with E-state index in [-0.39, 0.29) is 29.1 Å². The maximum atomic E-state index is 13.9. The monoisotopic (exact) mass is 378 g/mol. The Balaban J connectivity index is 1.94. The Morgan fingerprint density at radius 2 is 2.00 bits per heavy atom. The largest absolute Gasteiger partial charge is 0.353 e. The van der Waals surface area contributed by atoms with Gasteiger partial charge in [-0.2, -0.15) is 0 Å². The van der Waals surface area contributed by atoms with Gasteiger partial charge < -0.3 is 15.1 Å². The third-order valence-corrected chi connectivity index (χ3v) is 4.74. The van der Waals surface area contributed by atoms with Gasteiger partial charge in [-0.1, -0.05) is 0 Å². The summed E-state index contributed by atoms with van der Waals surface area (Å²) in [4.78, 5) is 23.1. The van der Waals surface area contributed by atoms with Crippen molar-refractivity contribution >= 4 is 23.0 Å². The standard InChI is InChI=1S/C17H20F2N6O2/c1-23-7-5-12(6-8-23)24(2)17-15(25(26)27)16(20-10-21-17)22-14-4-3-11(18)9-13(14)19/h3-4,9-10,12H,5-8H2,1-2H3,(H,20,21,22). The molecular weight excluding hydrogens is 358 g/mol. The van der Waals surface area contributed by atoms with Crippen molar-refractivity contribution < 1.29 is 13.7 Å². The zero-order valence-electron chi connectivity index (χ0n) is 15.0. The molecule has 1 aromatic heterocycles. The highest BCUT2D eigenvalue weighted by Gasteiger charge is 2.30. The molecule has 1 saturated heterocycles. The van der Waals surface area contributed by atoms with Gasteiger partial charge in [0.2, 0.25) is 11.6 Å². The highest BCUT2D eigenvalue weighted by Crippen LogP contribution is 2.35. The van der Waals surface area contributed by atoms with Crippen molar-refractivity contribution in [2.75, 3.05) is 37.4 Å². The Hall–Kier alpha value is -2.88. The molecule has 1 fully saturated rings. The van der Waals surface area contributed by atoms with Crippen LogP contribution in [0.4, 0.5) is 31.8 Å². The molecule has 0 spiro atoms. The molecule has 1 aliphatic heterocycles. The lowest BCUT2D eigenvalue weighted by molar-refractivity contribution is -0.383. The fraction of sp³-hybridized carbons (Fsp3) is 0.412. The van der Waals surface area contributed by atoms with Gasteiger partial charge in [0.05, 0.1) is 10.6 Å². The van der Waals surface area contributed by atoms with Crippen LogP contribution in [-0.4, -0.2) is 53.0 Å². The van der Waals surface area contributed by atoms with Gasteiger partial charge in [0.15, 0.2) is 0 Å². The lowest BCUT2D eigenvalue weighted by Crippen LogP contribution is -2.42. The van der Waals surface area contributed by atoms with E-state index in [2.05, 4.69) is 20.2 Å². The van der Waals surface area contributed by atoms with Crippen molar-refractivity contribution in [2.24, 2.45) is 0 Å². The third-order valence-electron chi connectivity index (χ3n) is 4.74. The Morgan fingerprint density at radius 1 is 1.30 bits per heavy atom. The normalized spacial score (nSPS) is 15.6. The van der Waals surface area contributed by atoms with Crippen LogP contribution in [0.25, 0.3) is 0 Å². The summed E-state index contributed by atoms with van der Waals surface area (Å²) in [5, 5.41) is 14.3. The summed E-state index contributed by atoms with van der Waals surface area (Å²) < 4.78 is 27.0. The van der Waals surface area contributed by atoms with Gasteiger partial charge in [-0.05, 0) is 45.1 Å². The molecule has 8 nitrogen and oxygen atoms in total. The van der Waals surface area contributed by atoms with Crippen LogP contribution < -0.4 is 10.2 Å². The molecule has 10 heteroatoms. The summed E-state index contributed by atoms with van der Waals surface area (Å²) in [5.41, 5.74) is -0.450. The number of rotatable bonds is 5. The van der Waals surface area contributed by atoms with E-state index >= 15 is 0 Å². The van der Waals surface area contributed by atoms with E-state index in [0.29, 0.717) is 6.07 Å². The Kier molecular flexibility index (Phi) is 5.45. The van der Waals surface area contributed by atoms with Crippen LogP contribution in [0.3, 0.4) is 0 Å². The van der Waals surface area contributed by atoms with Crippen LogP contribution in [-0.2, 0) is 0 Å². The summed E-state index contributed by atoms with van der Waals surface area (Å²) in [6.45, 7) is 1.78. The fourth-order valence-corrected chi connectivity index (χ4v) is 3.16. The average Bonchev–Trinajstić information content (AvgIpc) is 2.63. The molecule has 0 unspecified atom stereocenters. The first-order chi connectivity index (χ1) is 12.9. The first-order valence-electron chi connectivity index (χ1n) is 8.49. The van der Waals surface area contributed by atoms with Gasteiger partial charge in [-0.3, -0.25) is 10.1 Å². The van der Waals surface area contributed by atoms with Crippen LogP contribution in [0.15, 0.2) is 24.5 Å². The van der Waals surface area contributed by atoms with Crippen molar-refractivity contribution in [3.63, 3.8) is 0 Å². The van der Waals surface area contributed by atoms with E-state index in [9.17, 15) is 18.9 Å². The second-order valence-corrected chi connectivity index (χ2v) is 6.55.